The summed E-state index contributed by atoms with van der Waals surface area (Å²) >= 11 is 1.34. The second-order valence-electron chi connectivity index (χ2n) is 7.33. The number of carboxylic acids is 1. The normalized spacial score (nSPS) is 25.4. The Labute approximate surface area is 164 Å². The summed E-state index contributed by atoms with van der Waals surface area (Å²) in [5.74, 6) is -2.64. The van der Waals surface area contributed by atoms with Gasteiger partial charge in [0.1, 0.15) is 19.3 Å². The Balaban J connectivity index is 1.71. The molecule has 2 aliphatic heterocycles. The lowest BCUT2D eigenvalue weighted by atomic mass is 9.78. The molecular formula is C18H21N3O6S. The van der Waals surface area contributed by atoms with Crippen LogP contribution in [-0.4, -0.2) is 48.8 Å². The van der Waals surface area contributed by atoms with Crippen LogP contribution in [0.1, 0.15) is 24.4 Å². The third kappa shape index (κ3) is 2.52. The number of aliphatic hydroxyl groups excluding tert-OH is 3. The molecule has 1 amide bonds. The topological polar surface area (TPSA) is 130 Å². The zero-order valence-corrected chi connectivity index (χ0v) is 16.2. The van der Waals surface area contributed by atoms with Gasteiger partial charge in [0.2, 0.25) is 17.1 Å². The highest BCUT2D eigenvalue weighted by atomic mass is 32.1. The maximum Gasteiger partial charge on any atom is 0.250 e. The number of carboxylic acid groups (broad SMARTS) is 1. The summed E-state index contributed by atoms with van der Waals surface area (Å²) in [4.78, 5) is 26.9. The van der Waals surface area contributed by atoms with E-state index in [0.29, 0.717) is 16.1 Å². The van der Waals surface area contributed by atoms with Gasteiger partial charge in [-0.3, -0.25) is 4.79 Å². The molecule has 3 N–H and O–H groups in total. The molecule has 10 heteroatoms. The summed E-state index contributed by atoms with van der Waals surface area (Å²) in [6.45, 7) is 3.24. The Morgan fingerprint density at radius 2 is 2.11 bits per heavy atom. The molecule has 2 aromatic heterocycles. The highest BCUT2D eigenvalue weighted by molar-refractivity contribution is 7.16. The lowest BCUT2D eigenvalue weighted by molar-refractivity contribution is -0.521. The van der Waals surface area contributed by atoms with Crippen LogP contribution in [0.25, 0.3) is 4.83 Å². The third-order valence-electron chi connectivity index (χ3n) is 5.77. The zero-order valence-electron chi connectivity index (χ0n) is 15.4. The zero-order chi connectivity index (χ0) is 20.3. The van der Waals surface area contributed by atoms with Crippen LogP contribution in [0, 0.1) is 11.8 Å². The van der Waals surface area contributed by atoms with Gasteiger partial charge < -0.3 is 30.1 Å². The van der Waals surface area contributed by atoms with Crippen LogP contribution < -0.4 is 9.51 Å². The van der Waals surface area contributed by atoms with Crippen molar-refractivity contribution in [2.75, 3.05) is 0 Å². The fraction of sp³-hybridized carbons (Fsp3) is 0.500. The van der Waals surface area contributed by atoms with E-state index in [2.05, 4.69) is 0 Å². The molecule has 4 heterocycles. The summed E-state index contributed by atoms with van der Waals surface area (Å²) < 4.78 is 3.54. The molecule has 0 spiro atoms. The van der Waals surface area contributed by atoms with E-state index < -0.39 is 18.0 Å². The first kappa shape index (κ1) is 19.1. The molecule has 28 heavy (non-hydrogen) atoms. The molecule has 4 atom stereocenters. The van der Waals surface area contributed by atoms with Gasteiger partial charge in [-0.05, 0) is 6.92 Å². The van der Waals surface area contributed by atoms with E-state index in [4.69, 9.17) is 0 Å². The van der Waals surface area contributed by atoms with Crippen LogP contribution in [0.5, 0.6) is 0 Å². The van der Waals surface area contributed by atoms with Gasteiger partial charge in [-0.15, -0.1) is 0 Å². The molecule has 0 aliphatic carbocycles. The van der Waals surface area contributed by atoms with E-state index in [1.165, 1.54) is 23.2 Å². The summed E-state index contributed by atoms with van der Waals surface area (Å²) in [5, 5.41) is 40.6. The Hall–Kier alpha value is -2.27. The number of thiazole rings is 1. The average molecular weight is 407 g/mol. The fourth-order valence-electron chi connectivity index (χ4n) is 4.45. The lowest BCUT2D eigenvalue weighted by Crippen LogP contribution is -2.64. The monoisotopic (exact) mass is 407 g/mol. The largest absolute Gasteiger partial charge is 0.543 e. The SMILES string of the molecule is C[C@@H](O)[C@H]1C(=O)N2C(C(=O)[O-])=C(Cn3cc4sc(CO)c(CO)[n+]4c3)[C@H](C)[C@H]12. The van der Waals surface area contributed by atoms with Crippen molar-refractivity contribution in [3.05, 3.63) is 34.4 Å². The first-order valence-electron chi connectivity index (χ1n) is 8.99. The van der Waals surface area contributed by atoms with Crippen LogP contribution in [0.15, 0.2) is 23.8 Å². The van der Waals surface area contributed by atoms with Crippen molar-refractivity contribution in [2.45, 2.75) is 45.8 Å². The fourth-order valence-corrected chi connectivity index (χ4v) is 5.50. The number of carbonyl (C=O) groups is 2. The number of amides is 1. The Morgan fingerprint density at radius 1 is 1.39 bits per heavy atom. The van der Waals surface area contributed by atoms with E-state index in [1.54, 1.807) is 21.5 Å². The molecule has 2 aliphatic rings. The molecule has 9 nitrogen and oxygen atoms in total. The number of nitrogens with zero attached hydrogens (tertiary/aromatic N) is 3. The van der Waals surface area contributed by atoms with Gasteiger partial charge in [0.05, 0.1) is 41.2 Å². The number of β-lactam (4-membered cyclic amide) rings is 1. The van der Waals surface area contributed by atoms with E-state index in [1.807, 2.05) is 6.92 Å². The molecule has 4 rings (SSSR count). The van der Waals surface area contributed by atoms with Crippen LogP contribution in [0.3, 0.4) is 0 Å². The number of imidazole rings is 1. The minimum atomic E-state index is -1.40. The Bertz CT molecular complexity index is 1010. The van der Waals surface area contributed by atoms with Crippen molar-refractivity contribution in [3.63, 3.8) is 0 Å². The minimum absolute atomic E-state index is 0.111. The van der Waals surface area contributed by atoms with Gasteiger partial charge in [0.25, 0.3) is 0 Å². The highest BCUT2D eigenvalue weighted by Gasteiger charge is 2.58. The second-order valence-corrected chi connectivity index (χ2v) is 8.44. The van der Waals surface area contributed by atoms with Gasteiger partial charge >= 0.3 is 0 Å². The number of hydrogen-bond acceptors (Lipinski definition) is 7. The van der Waals surface area contributed by atoms with Crippen molar-refractivity contribution in [2.24, 2.45) is 11.8 Å². The number of carbonyl (C=O) groups excluding carboxylic acids is 2. The van der Waals surface area contributed by atoms with E-state index in [-0.39, 0.29) is 43.3 Å². The smallest absolute Gasteiger partial charge is 0.250 e. The maximum absolute atomic E-state index is 12.4. The standard InChI is InChI=1S/C18H21N3O6S/c1-8-10(16(18(26)27)21-15(8)14(9(2)24)17(21)25)3-19-4-13-20(7-19)11(5-22)12(6-23)28-13/h4,7-9,14-15,22-24H,3,5-6H2,1-2H3/t8-,9+,14+,15+/m0/s1. The molecule has 0 radical (unpaired) electrons. The second kappa shape index (κ2) is 6.66. The van der Waals surface area contributed by atoms with E-state index in [9.17, 15) is 30.0 Å². The quantitative estimate of drug-likeness (QED) is 0.380. The van der Waals surface area contributed by atoms with Crippen LogP contribution >= 0.6 is 11.3 Å². The Kier molecular flexibility index (Phi) is 4.53. The molecule has 0 unspecified atom stereocenters. The predicted molar refractivity (Wildman–Crippen MR) is 94.3 cm³/mol. The van der Waals surface area contributed by atoms with Gasteiger partial charge in [-0.1, -0.05) is 18.3 Å². The van der Waals surface area contributed by atoms with Gasteiger partial charge in [0.15, 0.2) is 5.69 Å². The number of aliphatic hydroxyl groups is 3. The number of fused-ring (bicyclic) bond motifs is 2. The molecular weight excluding hydrogens is 386 g/mol. The van der Waals surface area contributed by atoms with E-state index in [0.717, 1.165) is 4.83 Å². The molecule has 1 saturated heterocycles. The predicted octanol–water partition coefficient (Wildman–Crippen LogP) is -1.87. The highest BCUT2D eigenvalue weighted by Crippen LogP contribution is 2.47. The van der Waals surface area contributed by atoms with Crippen molar-refractivity contribution >= 4 is 28.0 Å². The molecule has 150 valence electrons. The lowest BCUT2D eigenvalue weighted by Gasteiger charge is -2.47. The van der Waals surface area contributed by atoms with Crippen molar-refractivity contribution < 1.29 is 34.4 Å². The minimum Gasteiger partial charge on any atom is -0.543 e. The van der Waals surface area contributed by atoms with Crippen molar-refractivity contribution in [3.8, 4) is 0 Å². The van der Waals surface area contributed by atoms with Crippen molar-refractivity contribution in [1.82, 2.24) is 9.47 Å². The Morgan fingerprint density at radius 3 is 2.68 bits per heavy atom. The number of aliphatic carboxylic acids is 1. The summed E-state index contributed by atoms with van der Waals surface area (Å²) in [6.07, 6.45) is 2.68. The van der Waals surface area contributed by atoms with Gasteiger partial charge in [-0.2, -0.15) is 4.40 Å². The van der Waals surface area contributed by atoms with Crippen molar-refractivity contribution in [1.29, 1.82) is 0 Å². The molecule has 0 bridgehead atoms. The van der Waals surface area contributed by atoms with Gasteiger partial charge in [-0.25, -0.2) is 4.57 Å². The van der Waals surface area contributed by atoms with Gasteiger partial charge in [0, 0.05) is 11.5 Å². The maximum atomic E-state index is 12.4. The molecule has 1 fully saturated rings. The van der Waals surface area contributed by atoms with Crippen LogP contribution in [-0.2, 0) is 29.3 Å². The number of rotatable bonds is 6. The molecule has 2 aromatic rings. The summed E-state index contributed by atoms with van der Waals surface area (Å²) in [7, 11) is 0. The van der Waals surface area contributed by atoms with E-state index >= 15 is 0 Å². The number of hydrogen-bond donors (Lipinski definition) is 3. The van der Waals surface area contributed by atoms with Crippen LogP contribution in [0.4, 0.5) is 0 Å². The van der Waals surface area contributed by atoms with Crippen LogP contribution in [0.2, 0.25) is 0 Å². The first-order chi connectivity index (χ1) is 13.3. The molecule has 0 aromatic carbocycles. The summed E-state index contributed by atoms with van der Waals surface area (Å²) in [5.41, 5.74) is 1.04. The molecule has 0 saturated carbocycles. The summed E-state index contributed by atoms with van der Waals surface area (Å²) in [6, 6.07) is -0.381. The number of aromatic nitrogens is 2. The first-order valence-corrected chi connectivity index (χ1v) is 9.80. The average Bonchev–Trinajstić information content (AvgIpc) is 3.23. The third-order valence-corrected chi connectivity index (χ3v) is 6.90.